The van der Waals surface area contributed by atoms with Crippen LogP contribution in [0.3, 0.4) is 0 Å². The van der Waals surface area contributed by atoms with Crippen molar-refractivity contribution in [2.24, 2.45) is 0 Å². The molecule has 15 nitrogen and oxygen atoms in total. The van der Waals surface area contributed by atoms with Crippen molar-refractivity contribution in [2.45, 2.75) is 36.9 Å². The van der Waals surface area contributed by atoms with Crippen LogP contribution in [0.15, 0.2) is 151 Å². The summed E-state index contributed by atoms with van der Waals surface area (Å²) in [5.74, 6) is 0.921. The number of methoxy groups -OCH3 is 2. The number of benzene rings is 5. The first kappa shape index (κ1) is 44.9. The van der Waals surface area contributed by atoms with Crippen LogP contribution in [0.25, 0.3) is 0 Å². The number of ether oxygens (including phenoxy) is 4. The van der Waals surface area contributed by atoms with Crippen molar-refractivity contribution in [2.75, 3.05) is 39.0 Å². The second kappa shape index (κ2) is 20.4. The molecule has 2 heterocycles. The number of nitro benzene ring substituents is 1. The molecule has 1 amide bonds. The topological polar surface area (TPSA) is 180 Å². The molecule has 0 aliphatic carbocycles. The van der Waals surface area contributed by atoms with Gasteiger partial charge in [-0.25, -0.2) is 9.36 Å². The zero-order chi connectivity index (χ0) is 44.4. The van der Waals surface area contributed by atoms with E-state index in [4.69, 9.17) is 28.0 Å². The molecule has 1 unspecified atom stereocenters. The molecule has 326 valence electrons. The molecule has 1 aliphatic rings. The third-order valence-electron chi connectivity index (χ3n) is 10.5. The Morgan fingerprint density at radius 1 is 0.873 bits per heavy atom. The summed E-state index contributed by atoms with van der Waals surface area (Å²) in [4.78, 5) is 41.2. The number of hydrogen-bond acceptors (Lipinski definition) is 13. The van der Waals surface area contributed by atoms with Crippen molar-refractivity contribution in [3.8, 4) is 11.5 Å². The predicted octanol–water partition coefficient (Wildman–Crippen LogP) is 8.83. The Morgan fingerprint density at radius 3 is 2.02 bits per heavy atom. The van der Waals surface area contributed by atoms with Crippen molar-refractivity contribution in [3.05, 3.63) is 194 Å². The molecule has 0 saturated carbocycles. The predicted molar refractivity (Wildman–Crippen MR) is 238 cm³/mol. The number of carbonyl (C=O) groups excluding carboxylic acids is 1. The van der Waals surface area contributed by atoms with Gasteiger partial charge in [0.05, 0.1) is 32.4 Å². The van der Waals surface area contributed by atoms with Crippen molar-refractivity contribution < 1.29 is 42.3 Å². The van der Waals surface area contributed by atoms with E-state index in [2.05, 4.69) is 10.3 Å². The molecule has 0 radical (unpaired) electrons. The van der Waals surface area contributed by atoms with Crippen LogP contribution in [0.5, 0.6) is 11.5 Å². The Kier molecular flexibility index (Phi) is 14.5. The van der Waals surface area contributed by atoms with E-state index in [0.717, 1.165) is 33.6 Å². The van der Waals surface area contributed by atoms with Crippen LogP contribution in [-0.2, 0) is 35.1 Å². The third kappa shape index (κ3) is 10.6. The first-order valence-corrected chi connectivity index (χ1v) is 23.2. The largest absolute Gasteiger partial charge is 0.497 e. The van der Waals surface area contributed by atoms with Crippen molar-refractivity contribution >= 4 is 35.6 Å². The van der Waals surface area contributed by atoms with Crippen LogP contribution in [-0.4, -0.2) is 66.3 Å². The van der Waals surface area contributed by atoms with E-state index in [1.165, 1.54) is 29.0 Å². The fourth-order valence-electron chi connectivity index (χ4n) is 7.24. The fourth-order valence-corrected chi connectivity index (χ4v) is 9.50. The maximum absolute atomic E-state index is 14.4. The van der Waals surface area contributed by atoms with E-state index < -0.39 is 47.4 Å². The molecule has 5 aromatic carbocycles. The molecule has 1 aliphatic heterocycles. The first-order chi connectivity index (χ1) is 30.5. The number of non-ortho nitro benzene ring substituents is 1. The molecule has 1 aromatic heterocycles. The fraction of sp³-hybridized carbons (Fsp3) is 0.239. The van der Waals surface area contributed by atoms with E-state index in [9.17, 15) is 24.3 Å². The van der Waals surface area contributed by atoms with Gasteiger partial charge in [-0.2, -0.15) is 4.98 Å². The van der Waals surface area contributed by atoms with Crippen molar-refractivity contribution in [1.29, 1.82) is 0 Å². The molecule has 17 heteroatoms. The zero-order valence-corrected chi connectivity index (χ0v) is 36.3. The molecular formula is C46H45N4O11PS. The average molecular weight is 893 g/mol. The smallest absolute Gasteiger partial charge is 0.389 e. The number of anilines is 1. The highest BCUT2D eigenvalue weighted by molar-refractivity contribution is 8.54. The summed E-state index contributed by atoms with van der Waals surface area (Å²) >= 11 is 0.910. The number of nitro groups is 1. The molecule has 0 spiro atoms. The molecule has 1 saturated heterocycles. The van der Waals surface area contributed by atoms with Crippen LogP contribution >= 0.6 is 18.2 Å². The Morgan fingerprint density at radius 2 is 1.46 bits per heavy atom. The lowest BCUT2D eigenvalue weighted by Crippen LogP contribution is -2.38. The molecule has 1 N–H and O–H groups in total. The Hall–Kier alpha value is -6.13. The second-order valence-electron chi connectivity index (χ2n) is 14.3. The van der Waals surface area contributed by atoms with Crippen LogP contribution in [0.2, 0.25) is 0 Å². The van der Waals surface area contributed by atoms with Gasteiger partial charge in [0.15, 0.2) is 0 Å². The molecule has 4 atom stereocenters. The van der Waals surface area contributed by atoms with Crippen LogP contribution in [0, 0.1) is 10.1 Å². The van der Waals surface area contributed by atoms with E-state index in [-0.39, 0.29) is 31.1 Å². The molecule has 7 rings (SSSR count). The number of amides is 1. The monoisotopic (exact) mass is 892 g/mol. The minimum Gasteiger partial charge on any atom is -0.497 e. The first-order valence-electron chi connectivity index (χ1n) is 19.9. The highest BCUT2D eigenvalue weighted by Crippen LogP contribution is 2.61. The highest BCUT2D eigenvalue weighted by Gasteiger charge is 2.45. The number of nitrogens with zero attached hydrogens (tertiary/aromatic N) is 3. The Balaban J connectivity index is 1.20. The number of hydrogen-bond donors (Lipinski definition) is 1. The van der Waals surface area contributed by atoms with Crippen LogP contribution < -0.4 is 20.5 Å². The van der Waals surface area contributed by atoms with E-state index in [0.29, 0.717) is 23.5 Å². The van der Waals surface area contributed by atoms with Gasteiger partial charge in [0.1, 0.15) is 41.4 Å². The minimum atomic E-state index is -3.89. The second-order valence-corrected chi connectivity index (χ2v) is 18.4. The lowest BCUT2D eigenvalue weighted by Gasteiger charge is -2.37. The lowest BCUT2D eigenvalue weighted by atomic mass is 9.80. The van der Waals surface area contributed by atoms with Gasteiger partial charge in [0.25, 0.3) is 11.6 Å². The summed E-state index contributed by atoms with van der Waals surface area (Å²) < 4.78 is 52.7. The van der Waals surface area contributed by atoms with Crippen molar-refractivity contribution in [3.63, 3.8) is 0 Å². The standard InChI is InChI=1S/C46H45N4O11PS/c1-56-38-22-16-35(17-23-38)46(34-12-8-5-9-13-34,36-18-24-39(57-2)25-19-36)58-31-41-40(61-62(55,63-3)59-29-27-32-14-20-37(21-15-32)50(53)54)30-43(60-41)49-28-26-42(48-45(49)52)47-44(51)33-10-6-4-7-11-33/h4-26,28,40-41,43H,27,29-31H2,1-3H3,(H,47,48,51,52)/t40-,41+,43+,62?/m0/s1. The average Bonchev–Trinajstić information content (AvgIpc) is 3.71. The zero-order valence-electron chi connectivity index (χ0n) is 34.6. The van der Waals surface area contributed by atoms with Gasteiger partial charge in [-0.05, 0) is 88.8 Å². The summed E-state index contributed by atoms with van der Waals surface area (Å²) in [5.41, 5.74) is 1.49. The van der Waals surface area contributed by atoms with Gasteiger partial charge in [0, 0.05) is 30.3 Å². The third-order valence-corrected chi connectivity index (χ3v) is 13.9. The number of aromatic nitrogens is 2. The van der Waals surface area contributed by atoms with Gasteiger partial charge in [-0.1, -0.05) is 84.9 Å². The highest BCUT2D eigenvalue weighted by atomic mass is 32.7. The van der Waals surface area contributed by atoms with Gasteiger partial charge >= 0.3 is 12.5 Å². The lowest BCUT2D eigenvalue weighted by molar-refractivity contribution is -0.384. The summed E-state index contributed by atoms with van der Waals surface area (Å²) in [6, 6.07) is 40.8. The SMILES string of the molecule is COc1ccc(C(OC[C@H]2O[C@@H](n3ccc(NC(=O)c4ccccc4)nc3=O)C[C@@H]2OP(=O)(OCCc2ccc([N+](=O)[O-])cc2)SC)(c2ccccc2)c2ccc(OC)cc2)cc1. The summed E-state index contributed by atoms with van der Waals surface area (Å²) in [7, 11) is 3.19. The van der Waals surface area contributed by atoms with Crippen LogP contribution in [0.1, 0.15) is 45.3 Å². The maximum atomic E-state index is 14.4. The molecule has 1 fully saturated rings. The van der Waals surface area contributed by atoms with Crippen LogP contribution in [0.4, 0.5) is 11.5 Å². The van der Waals surface area contributed by atoms with E-state index in [1.807, 2.05) is 78.9 Å². The molecule has 0 bridgehead atoms. The quantitative estimate of drug-likeness (QED) is 0.0353. The van der Waals surface area contributed by atoms with Crippen molar-refractivity contribution in [1.82, 2.24) is 9.55 Å². The number of rotatable bonds is 19. The summed E-state index contributed by atoms with van der Waals surface area (Å²) in [6.07, 6.45) is 0.625. The summed E-state index contributed by atoms with van der Waals surface area (Å²) in [5, 5.41) is 13.8. The normalized spacial score (nSPS) is 17.1. The van der Waals surface area contributed by atoms with Gasteiger partial charge in [-0.3, -0.25) is 24.0 Å². The van der Waals surface area contributed by atoms with Gasteiger partial charge in [0.2, 0.25) is 0 Å². The van der Waals surface area contributed by atoms with Gasteiger partial charge < -0.3 is 28.8 Å². The van der Waals surface area contributed by atoms with Gasteiger partial charge in [-0.15, -0.1) is 0 Å². The molecular weight excluding hydrogens is 848 g/mol. The van der Waals surface area contributed by atoms with E-state index in [1.54, 1.807) is 62.9 Å². The Bertz CT molecular complexity index is 2540. The molecule has 6 aromatic rings. The maximum Gasteiger partial charge on any atom is 0.389 e. The number of nitrogens with one attached hydrogen (secondary N) is 1. The molecule has 63 heavy (non-hydrogen) atoms. The number of carbonyl (C=O) groups is 1. The minimum absolute atomic E-state index is 0.0142. The van der Waals surface area contributed by atoms with E-state index >= 15 is 0 Å². The summed E-state index contributed by atoms with van der Waals surface area (Å²) in [6.45, 7) is -4.03. The Labute approximate surface area is 367 Å².